The third-order valence-corrected chi connectivity index (χ3v) is 8.60. The number of rotatable bonds is 5. The molecule has 1 saturated heterocycles. The molecule has 2 heterocycles. The number of carbonyl (C=O) groups excluding carboxylic acids is 2. The second-order valence-electron chi connectivity index (χ2n) is 10.1. The molecule has 44 heavy (non-hydrogen) atoms. The number of amides is 4. The van der Waals surface area contributed by atoms with Crippen LogP contribution in [0.2, 0.25) is 5.02 Å². The summed E-state index contributed by atoms with van der Waals surface area (Å²) in [6.07, 6.45) is -4.37. The molecule has 0 radical (unpaired) electrons. The van der Waals surface area contributed by atoms with Gasteiger partial charge in [-0.15, -0.1) is 0 Å². The number of benzene rings is 3. The number of urea groups is 2. The molecule has 1 unspecified atom stereocenters. The highest BCUT2D eigenvalue weighted by atomic mass is 35.5. The number of halogens is 7. The van der Waals surface area contributed by atoms with Crippen molar-refractivity contribution in [2.75, 3.05) is 39.5 Å². The van der Waals surface area contributed by atoms with Crippen molar-refractivity contribution in [3.05, 3.63) is 76.1 Å². The average Bonchev–Trinajstić information content (AvgIpc) is 3.27. The van der Waals surface area contributed by atoms with Crippen molar-refractivity contribution in [2.45, 2.75) is 30.3 Å². The van der Waals surface area contributed by atoms with Gasteiger partial charge >= 0.3 is 18.2 Å². The van der Waals surface area contributed by atoms with Gasteiger partial charge in [0.1, 0.15) is 11.5 Å². The molecule has 9 nitrogen and oxygen atoms in total. The second kappa shape index (κ2) is 11.4. The molecule has 0 aliphatic carbocycles. The summed E-state index contributed by atoms with van der Waals surface area (Å²) in [7, 11) is -4.69. The number of sulfonamides is 1. The lowest BCUT2D eigenvalue weighted by Gasteiger charge is -2.31. The van der Waals surface area contributed by atoms with Gasteiger partial charge in [0, 0.05) is 30.6 Å². The van der Waals surface area contributed by atoms with Gasteiger partial charge < -0.3 is 10.6 Å². The van der Waals surface area contributed by atoms with Crippen LogP contribution in [0.25, 0.3) is 0 Å². The van der Waals surface area contributed by atoms with Crippen LogP contribution in [-0.4, -0.2) is 40.1 Å². The third-order valence-electron chi connectivity index (χ3n) is 7.06. The summed E-state index contributed by atoms with van der Waals surface area (Å²) >= 11 is 5.63. The van der Waals surface area contributed by atoms with Gasteiger partial charge in [-0.25, -0.2) is 31.2 Å². The average molecular weight is 662 g/mol. The lowest BCUT2D eigenvalue weighted by molar-refractivity contribution is -0.137. The minimum Gasteiger partial charge on any atom is -0.338 e. The van der Waals surface area contributed by atoms with Crippen molar-refractivity contribution in [1.29, 1.82) is 0 Å². The Kier molecular flexibility index (Phi) is 8.09. The van der Waals surface area contributed by atoms with Crippen molar-refractivity contribution < 1.29 is 44.3 Å². The number of anilines is 4. The SMILES string of the molecule is CC1CN(C(=O)Nc2ccc(C(F)(F)F)cc2F)c2c1cc(S(=O)(=O)Nc1c(F)cc(Cl)cc1F)cc2N1CCCNC1=O. The normalized spacial score (nSPS) is 16.9. The molecular weight excluding hydrogens is 640 g/mol. The lowest BCUT2D eigenvalue weighted by Crippen LogP contribution is -2.47. The molecule has 2 aliphatic heterocycles. The molecule has 3 aromatic carbocycles. The van der Waals surface area contributed by atoms with Gasteiger partial charge in [0.25, 0.3) is 10.0 Å². The van der Waals surface area contributed by atoms with E-state index in [9.17, 15) is 44.3 Å². The summed E-state index contributed by atoms with van der Waals surface area (Å²) in [5, 5.41) is 4.54. The largest absolute Gasteiger partial charge is 0.416 e. The monoisotopic (exact) mass is 661 g/mol. The van der Waals surface area contributed by atoms with Crippen LogP contribution >= 0.6 is 11.6 Å². The summed E-state index contributed by atoms with van der Waals surface area (Å²) < 4.78 is 111. The molecule has 0 aromatic heterocycles. The highest BCUT2D eigenvalue weighted by molar-refractivity contribution is 7.92. The van der Waals surface area contributed by atoms with Crippen LogP contribution in [0.1, 0.15) is 30.4 Å². The van der Waals surface area contributed by atoms with Gasteiger partial charge in [-0.2, -0.15) is 13.2 Å². The summed E-state index contributed by atoms with van der Waals surface area (Å²) in [6, 6.07) is 3.65. The molecule has 234 valence electrons. The predicted molar refractivity (Wildman–Crippen MR) is 150 cm³/mol. The summed E-state index contributed by atoms with van der Waals surface area (Å²) in [4.78, 5) is 28.0. The van der Waals surface area contributed by atoms with E-state index in [1.165, 1.54) is 11.0 Å². The molecular formula is C27H22ClF6N5O4S. The fraction of sp³-hybridized carbons (Fsp3) is 0.259. The molecule has 0 bridgehead atoms. The minimum absolute atomic E-state index is 0.0514. The van der Waals surface area contributed by atoms with Crippen LogP contribution < -0.4 is 25.2 Å². The van der Waals surface area contributed by atoms with Gasteiger partial charge in [-0.05, 0) is 54.4 Å². The lowest BCUT2D eigenvalue weighted by atomic mass is 10.0. The molecule has 17 heteroatoms. The summed E-state index contributed by atoms with van der Waals surface area (Å²) in [6.45, 7) is 1.96. The van der Waals surface area contributed by atoms with Crippen molar-refractivity contribution >= 4 is 56.4 Å². The molecule has 3 aromatic rings. The number of carbonyl (C=O) groups is 2. The number of nitrogens with zero attached hydrogens (tertiary/aromatic N) is 2. The van der Waals surface area contributed by atoms with Crippen LogP contribution in [0.3, 0.4) is 0 Å². The second-order valence-corrected chi connectivity index (χ2v) is 12.2. The Morgan fingerprint density at radius 3 is 2.34 bits per heavy atom. The Morgan fingerprint density at radius 2 is 1.73 bits per heavy atom. The molecule has 1 atom stereocenters. The number of fused-ring (bicyclic) bond motifs is 1. The molecule has 2 aliphatic rings. The maximum absolute atomic E-state index is 14.5. The fourth-order valence-corrected chi connectivity index (χ4v) is 6.28. The van der Waals surface area contributed by atoms with Crippen molar-refractivity contribution in [1.82, 2.24) is 5.32 Å². The predicted octanol–water partition coefficient (Wildman–Crippen LogP) is 6.65. The van der Waals surface area contributed by atoms with Gasteiger partial charge in [0.05, 0.1) is 27.5 Å². The standard InChI is InChI=1S/C27H22ClF6N5O4S/c1-13-12-39(26(41)36-21-4-3-14(7-18(21)29)27(32,33)34)24-17(13)10-16(11-22(24)38-6-2-5-35-25(38)40)44(42,43)37-23-19(30)8-15(28)9-20(23)31/h3-4,7-11,13,37H,2,5-6,12H2,1H3,(H,35,40)(H,36,41). The maximum Gasteiger partial charge on any atom is 0.416 e. The van der Waals surface area contributed by atoms with E-state index < -0.39 is 73.5 Å². The molecule has 0 saturated carbocycles. The fourth-order valence-electron chi connectivity index (χ4n) is 4.96. The molecule has 4 amide bonds. The Balaban J connectivity index is 1.56. The minimum atomic E-state index is -4.81. The van der Waals surface area contributed by atoms with Gasteiger partial charge in [-0.1, -0.05) is 18.5 Å². The van der Waals surface area contributed by atoms with Gasteiger partial charge in [-0.3, -0.25) is 14.5 Å². The third kappa shape index (κ3) is 5.95. The van der Waals surface area contributed by atoms with E-state index in [2.05, 4.69) is 10.6 Å². The number of alkyl halides is 3. The van der Waals surface area contributed by atoms with Crippen LogP contribution in [0.5, 0.6) is 0 Å². The number of hydrogen-bond acceptors (Lipinski definition) is 4. The highest BCUT2D eigenvalue weighted by Crippen LogP contribution is 2.46. The Bertz CT molecular complexity index is 1770. The van der Waals surface area contributed by atoms with E-state index in [0.717, 1.165) is 17.0 Å². The number of nitrogens with one attached hydrogen (secondary N) is 3. The molecule has 0 spiro atoms. The number of hydrogen-bond donors (Lipinski definition) is 3. The van der Waals surface area contributed by atoms with Crippen LogP contribution in [0, 0.1) is 17.5 Å². The smallest absolute Gasteiger partial charge is 0.338 e. The van der Waals surface area contributed by atoms with Gasteiger partial charge in [0.2, 0.25) is 0 Å². The molecule has 1 fully saturated rings. The summed E-state index contributed by atoms with van der Waals surface area (Å²) in [5.74, 6) is -4.46. The molecule has 3 N–H and O–H groups in total. The highest BCUT2D eigenvalue weighted by Gasteiger charge is 2.38. The maximum atomic E-state index is 14.5. The van der Waals surface area contributed by atoms with Crippen LogP contribution in [0.15, 0.2) is 47.4 Å². The topological polar surface area (TPSA) is 111 Å². The first-order valence-corrected chi connectivity index (χ1v) is 14.8. The van der Waals surface area contributed by atoms with Gasteiger partial charge in [0.15, 0.2) is 11.6 Å². The zero-order chi connectivity index (χ0) is 32.1. The van der Waals surface area contributed by atoms with E-state index in [-0.39, 0.29) is 41.1 Å². The Hall–Kier alpha value is -4.18. The van der Waals surface area contributed by atoms with E-state index >= 15 is 0 Å². The van der Waals surface area contributed by atoms with E-state index in [1.807, 2.05) is 4.72 Å². The first-order valence-electron chi connectivity index (χ1n) is 12.9. The van der Waals surface area contributed by atoms with Crippen LogP contribution in [0.4, 0.5) is 58.7 Å². The van der Waals surface area contributed by atoms with Crippen LogP contribution in [-0.2, 0) is 16.2 Å². The van der Waals surface area contributed by atoms with E-state index in [1.54, 1.807) is 6.92 Å². The van der Waals surface area contributed by atoms with Crippen molar-refractivity contribution in [3.63, 3.8) is 0 Å². The quantitative estimate of drug-likeness (QED) is 0.266. The first kappa shape index (κ1) is 31.3. The summed E-state index contributed by atoms with van der Waals surface area (Å²) in [5.41, 5.74) is -2.50. The Morgan fingerprint density at radius 1 is 1.05 bits per heavy atom. The molecule has 5 rings (SSSR count). The van der Waals surface area contributed by atoms with Crippen molar-refractivity contribution in [3.8, 4) is 0 Å². The Labute approximate surface area is 251 Å². The zero-order valence-electron chi connectivity index (χ0n) is 22.5. The van der Waals surface area contributed by atoms with E-state index in [4.69, 9.17) is 11.6 Å². The first-order chi connectivity index (χ1) is 20.6. The van der Waals surface area contributed by atoms with E-state index in [0.29, 0.717) is 31.2 Å². The zero-order valence-corrected chi connectivity index (χ0v) is 24.1. The van der Waals surface area contributed by atoms with Crippen molar-refractivity contribution in [2.24, 2.45) is 0 Å².